The summed E-state index contributed by atoms with van der Waals surface area (Å²) < 4.78 is 7.99. The van der Waals surface area contributed by atoms with E-state index in [0.717, 1.165) is 48.8 Å². The minimum Gasteiger partial charge on any atom is -0.471 e. The van der Waals surface area contributed by atoms with Crippen molar-refractivity contribution in [3.8, 4) is 5.88 Å². The molecule has 7 heteroatoms. The molecule has 40 heavy (non-hydrogen) atoms. The van der Waals surface area contributed by atoms with Crippen LogP contribution in [0.3, 0.4) is 0 Å². The Hall–Kier alpha value is -3.19. The molecule has 0 spiro atoms. The van der Waals surface area contributed by atoms with Gasteiger partial charge in [-0.3, -0.25) is 14.8 Å². The highest BCUT2D eigenvalue weighted by atomic mass is 16.6. The maximum absolute atomic E-state index is 11.4. The van der Waals surface area contributed by atoms with Gasteiger partial charge >= 0.3 is 0 Å². The molecule has 2 unspecified atom stereocenters. The quantitative estimate of drug-likeness (QED) is 0.0784. The number of nitrogens with zero attached hydrogens (tertiary/aromatic N) is 4. The molecule has 1 aliphatic carbocycles. The van der Waals surface area contributed by atoms with Crippen molar-refractivity contribution in [1.82, 2.24) is 14.7 Å². The lowest BCUT2D eigenvalue weighted by Crippen LogP contribution is -2.29. The number of non-ortho nitro benzene ring substituents is 1. The van der Waals surface area contributed by atoms with Gasteiger partial charge in [-0.2, -0.15) is 0 Å². The Morgan fingerprint density at radius 3 is 2.67 bits per heavy atom. The molecule has 0 bridgehead atoms. The average Bonchev–Trinajstić information content (AvgIpc) is 3.32. The van der Waals surface area contributed by atoms with Gasteiger partial charge in [0.15, 0.2) is 0 Å². The van der Waals surface area contributed by atoms with Crippen LogP contribution in [0.5, 0.6) is 5.88 Å². The molecule has 2 aromatic carbocycles. The summed E-state index contributed by atoms with van der Waals surface area (Å²) in [6, 6.07) is 14.8. The van der Waals surface area contributed by atoms with E-state index in [1.807, 2.05) is 35.0 Å². The molecule has 7 nitrogen and oxygen atoms in total. The van der Waals surface area contributed by atoms with Crippen LogP contribution in [0.25, 0.3) is 10.9 Å². The molecule has 0 amide bonds. The van der Waals surface area contributed by atoms with E-state index in [9.17, 15) is 10.1 Å². The van der Waals surface area contributed by atoms with Crippen molar-refractivity contribution in [1.29, 1.82) is 0 Å². The Morgan fingerprint density at radius 2 is 1.95 bits per heavy atom. The van der Waals surface area contributed by atoms with Crippen molar-refractivity contribution >= 4 is 16.6 Å². The Morgan fingerprint density at radius 1 is 1.12 bits per heavy atom. The fourth-order valence-corrected chi connectivity index (χ4v) is 5.80. The fraction of sp³-hybridized carbons (Fsp3) is 0.545. The summed E-state index contributed by atoms with van der Waals surface area (Å²) in [4.78, 5) is 13.7. The van der Waals surface area contributed by atoms with Gasteiger partial charge in [0.2, 0.25) is 5.88 Å². The van der Waals surface area contributed by atoms with Gasteiger partial charge in [-0.05, 0) is 95.0 Å². The number of aryl methyl sites for hydroxylation is 1. The van der Waals surface area contributed by atoms with E-state index in [-0.39, 0.29) is 10.6 Å². The first-order chi connectivity index (χ1) is 19.4. The smallest absolute Gasteiger partial charge is 0.270 e. The summed E-state index contributed by atoms with van der Waals surface area (Å²) >= 11 is 0. The second-order valence-corrected chi connectivity index (χ2v) is 11.5. The first kappa shape index (κ1) is 29.8. The van der Waals surface area contributed by atoms with Crippen molar-refractivity contribution < 1.29 is 9.66 Å². The van der Waals surface area contributed by atoms with Crippen LogP contribution < -0.4 is 4.74 Å². The number of nitro groups is 1. The largest absolute Gasteiger partial charge is 0.471 e. The number of ether oxygens (including phenoxy) is 1. The van der Waals surface area contributed by atoms with Crippen molar-refractivity contribution in [3.05, 3.63) is 75.9 Å². The number of hydrogen-bond donors (Lipinski definition) is 0. The van der Waals surface area contributed by atoms with Crippen LogP contribution in [-0.2, 0) is 13.2 Å². The molecule has 0 N–H and O–H groups in total. The molecular weight excluding hydrogens is 500 g/mol. The van der Waals surface area contributed by atoms with Crippen molar-refractivity contribution in [2.24, 2.45) is 11.8 Å². The average molecular weight is 547 g/mol. The number of fused-ring (bicyclic) bond motifs is 1. The summed E-state index contributed by atoms with van der Waals surface area (Å²) in [6.07, 6.45) is 12.1. The van der Waals surface area contributed by atoms with E-state index in [1.165, 1.54) is 51.6 Å². The van der Waals surface area contributed by atoms with E-state index in [2.05, 4.69) is 31.7 Å². The van der Waals surface area contributed by atoms with Gasteiger partial charge in [0.05, 0.1) is 15.8 Å². The Labute approximate surface area is 239 Å². The molecule has 0 radical (unpaired) electrons. The molecule has 0 saturated carbocycles. The number of nitro benzene ring substituents is 1. The van der Waals surface area contributed by atoms with Crippen molar-refractivity contribution in [2.45, 2.75) is 85.3 Å². The standard InChI is InChI=1S/C33H46N4O3/c1-4-20-35(23-19-27(3)29-15-13-26(2)14-16-29)21-9-6-10-22-36-32-18-17-30(37(38)39)24-31(32)33(34-36)40-25-28-11-7-5-8-12-28/h5,7-8,11-13,17-18,24,27,29H,4,6,9-10,14-16,19-23,25H2,1-3H3. The summed E-state index contributed by atoms with van der Waals surface area (Å²) in [5, 5.41) is 16.8. The Bertz CT molecular complexity index is 1250. The van der Waals surface area contributed by atoms with Crippen LogP contribution in [0.2, 0.25) is 0 Å². The van der Waals surface area contributed by atoms with Crippen molar-refractivity contribution in [3.63, 3.8) is 0 Å². The number of rotatable bonds is 16. The zero-order valence-electron chi connectivity index (χ0n) is 24.6. The highest BCUT2D eigenvalue weighted by Crippen LogP contribution is 2.31. The van der Waals surface area contributed by atoms with Gasteiger partial charge in [-0.25, -0.2) is 0 Å². The molecule has 0 fully saturated rings. The van der Waals surface area contributed by atoms with Gasteiger partial charge < -0.3 is 9.64 Å². The SMILES string of the molecule is CCCN(CCCCCn1nc(OCc2ccccc2)c2cc([N+](=O)[O-])ccc21)CCC(C)C1CC=C(C)CC1. The molecular formula is C33H46N4O3. The summed E-state index contributed by atoms with van der Waals surface area (Å²) in [7, 11) is 0. The summed E-state index contributed by atoms with van der Waals surface area (Å²) in [5.74, 6) is 2.08. The zero-order valence-corrected chi connectivity index (χ0v) is 24.6. The topological polar surface area (TPSA) is 73.4 Å². The van der Waals surface area contributed by atoms with Crippen LogP contribution in [0, 0.1) is 22.0 Å². The number of unbranched alkanes of at least 4 members (excludes halogenated alkanes) is 2. The maximum atomic E-state index is 11.4. The predicted molar refractivity (Wildman–Crippen MR) is 163 cm³/mol. The lowest BCUT2D eigenvalue weighted by molar-refractivity contribution is -0.384. The van der Waals surface area contributed by atoms with Gasteiger partial charge in [0.1, 0.15) is 6.61 Å². The Kier molecular flexibility index (Phi) is 11.2. The molecule has 4 rings (SSSR count). The predicted octanol–water partition coefficient (Wildman–Crippen LogP) is 8.18. The molecule has 0 aliphatic heterocycles. The highest BCUT2D eigenvalue weighted by molar-refractivity contribution is 5.86. The molecule has 2 atom stereocenters. The van der Waals surface area contributed by atoms with E-state index < -0.39 is 0 Å². The zero-order chi connectivity index (χ0) is 28.3. The van der Waals surface area contributed by atoms with Gasteiger partial charge in [0.25, 0.3) is 5.69 Å². The van der Waals surface area contributed by atoms with Gasteiger partial charge in [-0.1, -0.05) is 62.2 Å². The first-order valence-corrected chi connectivity index (χ1v) is 15.1. The van der Waals surface area contributed by atoms with E-state index in [4.69, 9.17) is 9.84 Å². The van der Waals surface area contributed by atoms with Crippen molar-refractivity contribution in [2.75, 3.05) is 19.6 Å². The van der Waals surface area contributed by atoms with E-state index in [1.54, 1.807) is 23.8 Å². The third-order valence-corrected chi connectivity index (χ3v) is 8.40. The van der Waals surface area contributed by atoms with Crippen LogP contribution in [0.15, 0.2) is 60.2 Å². The number of hydrogen-bond acceptors (Lipinski definition) is 5. The molecule has 0 saturated heterocycles. The highest BCUT2D eigenvalue weighted by Gasteiger charge is 2.20. The van der Waals surface area contributed by atoms with Gasteiger partial charge in [-0.15, -0.1) is 5.10 Å². The molecule has 1 aromatic heterocycles. The van der Waals surface area contributed by atoms with Crippen LogP contribution >= 0.6 is 0 Å². The van der Waals surface area contributed by atoms with E-state index in [0.29, 0.717) is 17.9 Å². The summed E-state index contributed by atoms with van der Waals surface area (Å²) in [6.45, 7) is 11.6. The fourth-order valence-electron chi connectivity index (χ4n) is 5.80. The van der Waals surface area contributed by atoms with E-state index >= 15 is 0 Å². The number of allylic oxidation sites excluding steroid dienone is 2. The van der Waals surface area contributed by atoms with Crippen LogP contribution in [0.4, 0.5) is 5.69 Å². The maximum Gasteiger partial charge on any atom is 0.270 e. The lowest BCUT2D eigenvalue weighted by atomic mass is 9.80. The monoisotopic (exact) mass is 546 g/mol. The van der Waals surface area contributed by atoms with Gasteiger partial charge in [0, 0.05) is 18.7 Å². The molecule has 1 aliphatic rings. The van der Waals surface area contributed by atoms with Crippen LogP contribution in [0.1, 0.15) is 77.7 Å². The lowest BCUT2D eigenvalue weighted by Gasteiger charge is -2.29. The minimum absolute atomic E-state index is 0.0528. The number of aromatic nitrogens is 2. The molecule has 3 aromatic rings. The number of benzene rings is 2. The minimum atomic E-state index is -0.367. The molecule has 216 valence electrons. The second kappa shape index (κ2) is 15.0. The first-order valence-electron chi connectivity index (χ1n) is 15.1. The van der Waals surface area contributed by atoms with Crippen LogP contribution in [-0.4, -0.2) is 39.2 Å². The third kappa shape index (κ3) is 8.40. The molecule has 1 heterocycles. The second-order valence-electron chi connectivity index (χ2n) is 11.5. The summed E-state index contributed by atoms with van der Waals surface area (Å²) in [5.41, 5.74) is 3.53. The Balaban J connectivity index is 1.28. The normalized spacial score (nSPS) is 16.3. The third-order valence-electron chi connectivity index (χ3n) is 8.40.